The summed E-state index contributed by atoms with van der Waals surface area (Å²) in [6.07, 6.45) is 9.70. The van der Waals surface area contributed by atoms with Crippen LogP contribution >= 0.6 is 0 Å². The van der Waals surface area contributed by atoms with Crippen LogP contribution in [0.25, 0.3) is 0 Å². The van der Waals surface area contributed by atoms with Gasteiger partial charge in [0.25, 0.3) is 0 Å². The second-order valence-electron chi connectivity index (χ2n) is 4.46. The summed E-state index contributed by atoms with van der Waals surface area (Å²) in [5.41, 5.74) is 0. The minimum Gasteiger partial charge on any atom is -0.461 e. The fraction of sp³-hybridized carbons (Fsp3) is 0.733. The number of carbonyl (C=O) groups is 2. The van der Waals surface area contributed by atoms with E-state index in [9.17, 15) is 9.59 Å². The number of unbranched alkanes of at least 4 members (excludes halogenated alkanes) is 4. The molecule has 0 saturated heterocycles. The van der Waals surface area contributed by atoms with Crippen molar-refractivity contribution >= 4 is 11.9 Å². The zero-order valence-electron chi connectivity index (χ0n) is 12.2. The number of rotatable bonds is 11. The molecule has 0 saturated carbocycles. The molecule has 0 amide bonds. The van der Waals surface area contributed by atoms with Gasteiger partial charge in [-0.1, -0.05) is 39.5 Å². The number of esters is 2. The van der Waals surface area contributed by atoms with Gasteiger partial charge in [-0.2, -0.15) is 0 Å². The summed E-state index contributed by atoms with van der Waals surface area (Å²) in [6, 6.07) is 0. The first-order chi connectivity index (χ1) is 9.20. The van der Waals surface area contributed by atoms with E-state index in [0.717, 1.165) is 38.5 Å². The molecule has 0 bridgehead atoms. The van der Waals surface area contributed by atoms with Gasteiger partial charge in [0, 0.05) is 12.8 Å². The van der Waals surface area contributed by atoms with Crippen LogP contribution in [0, 0.1) is 0 Å². The SMILES string of the molecule is CCCCCC(=O)OC=CCOC(=O)CCCCC. The van der Waals surface area contributed by atoms with Crippen LogP contribution in [-0.4, -0.2) is 18.5 Å². The molecule has 0 spiro atoms. The predicted octanol–water partition coefficient (Wildman–Crippen LogP) is 3.75. The molecule has 0 unspecified atom stereocenters. The molecule has 0 aromatic heterocycles. The zero-order valence-corrected chi connectivity index (χ0v) is 12.2. The molecule has 110 valence electrons. The molecule has 0 aliphatic carbocycles. The number of hydrogen-bond donors (Lipinski definition) is 0. The second-order valence-corrected chi connectivity index (χ2v) is 4.46. The van der Waals surface area contributed by atoms with E-state index in [1.54, 1.807) is 0 Å². The first kappa shape index (κ1) is 17.7. The predicted molar refractivity (Wildman–Crippen MR) is 74.5 cm³/mol. The molecule has 0 aromatic rings. The van der Waals surface area contributed by atoms with Crippen LogP contribution in [0.4, 0.5) is 0 Å². The number of hydrogen-bond acceptors (Lipinski definition) is 4. The van der Waals surface area contributed by atoms with Crippen LogP contribution in [0.3, 0.4) is 0 Å². The lowest BCUT2D eigenvalue weighted by atomic mass is 10.2. The van der Waals surface area contributed by atoms with Gasteiger partial charge in [-0.15, -0.1) is 0 Å². The fourth-order valence-corrected chi connectivity index (χ4v) is 1.47. The van der Waals surface area contributed by atoms with Crippen LogP contribution in [-0.2, 0) is 19.1 Å². The van der Waals surface area contributed by atoms with Crippen molar-refractivity contribution in [2.75, 3.05) is 6.61 Å². The van der Waals surface area contributed by atoms with Gasteiger partial charge < -0.3 is 9.47 Å². The third kappa shape index (κ3) is 12.9. The van der Waals surface area contributed by atoms with Gasteiger partial charge in [0.1, 0.15) is 6.61 Å². The van der Waals surface area contributed by atoms with Gasteiger partial charge in [-0.25, -0.2) is 0 Å². The summed E-state index contributed by atoms with van der Waals surface area (Å²) in [4.78, 5) is 22.4. The van der Waals surface area contributed by atoms with E-state index in [1.807, 2.05) is 0 Å². The smallest absolute Gasteiger partial charge is 0.310 e. The van der Waals surface area contributed by atoms with Crippen molar-refractivity contribution in [1.29, 1.82) is 0 Å². The van der Waals surface area contributed by atoms with Crippen molar-refractivity contribution in [3.05, 3.63) is 12.3 Å². The summed E-state index contributed by atoms with van der Waals surface area (Å²) in [6.45, 7) is 4.33. The minimum absolute atomic E-state index is 0.160. The second kappa shape index (κ2) is 13.1. The van der Waals surface area contributed by atoms with E-state index >= 15 is 0 Å². The Bertz CT molecular complexity index is 271. The molecule has 0 atom stereocenters. The quantitative estimate of drug-likeness (QED) is 0.326. The van der Waals surface area contributed by atoms with Gasteiger partial charge in [0.2, 0.25) is 0 Å². The molecule has 0 N–H and O–H groups in total. The third-order valence-corrected chi connectivity index (χ3v) is 2.61. The Morgan fingerprint density at radius 2 is 1.47 bits per heavy atom. The van der Waals surface area contributed by atoms with Gasteiger partial charge in [-0.05, 0) is 18.9 Å². The average Bonchev–Trinajstić information content (AvgIpc) is 2.39. The standard InChI is InChI=1S/C15H26O4/c1-3-5-7-10-14(16)18-12-9-13-19-15(17)11-8-6-4-2/h9,12H,3-8,10-11,13H2,1-2H3. The molecule has 4 nitrogen and oxygen atoms in total. The van der Waals surface area contributed by atoms with Crippen molar-refractivity contribution in [3.63, 3.8) is 0 Å². The Kier molecular flexibility index (Phi) is 12.2. The van der Waals surface area contributed by atoms with Crippen molar-refractivity contribution in [2.24, 2.45) is 0 Å². The third-order valence-electron chi connectivity index (χ3n) is 2.61. The maximum atomic E-state index is 11.2. The van der Waals surface area contributed by atoms with Crippen LogP contribution in [0.15, 0.2) is 12.3 Å². The molecule has 0 rings (SSSR count). The Balaban J connectivity index is 3.47. The molecular formula is C15H26O4. The average molecular weight is 270 g/mol. The normalized spacial score (nSPS) is 10.6. The van der Waals surface area contributed by atoms with Crippen molar-refractivity contribution < 1.29 is 19.1 Å². The van der Waals surface area contributed by atoms with E-state index in [2.05, 4.69) is 13.8 Å². The number of ether oxygens (including phenoxy) is 2. The molecule has 0 aliphatic heterocycles. The fourth-order valence-electron chi connectivity index (χ4n) is 1.47. The maximum absolute atomic E-state index is 11.2. The largest absolute Gasteiger partial charge is 0.461 e. The van der Waals surface area contributed by atoms with Crippen molar-refractivity contribution in [2.45, 2.75) is 65.2 Å². The summed E-state index contributed by atoms with van der Waals surface area (Å²) in [7, 11) is 0. The van der Waals surface area contributed by atoms with Gasteiger partial charge in [0.15, 0.2) is 0 Å². The van der Waals surface area contributed by atoms with Gasteiger partial charge in [-0.3, -0.25) is 9.59 Å². The highest BCUT2D eigenvalue weighted by Gasteiger charge is 2.01. The Labute approximate surface area is 116 Å². The zero-order chi connectivity index (χ0) is 14.3. The lowest BCUT2D eigenvalue weighted by Gasteiger charge is -2.01. The van der Waals surface area contributed by atoms with Crippen molar-refractivity contribution in [1.82, 2.24) is 0 Å². The van der Waals surface area contributed by atoms with E-state index in [4.69, 9.17) is 9.47 Å². The summed E-state index contributed by atoms with van der Waals surface area (Å²) >= 11 is 0. The molecule has 0 heterocycles. The number of carbonyl (C=O) groups excluding carboxylic acids is 2. The van der Waals surface area contributed by atoms with Crippen LogP contribution in [0.5, 0.6) is 0 Å². The summed E-state index contributed by atoms with van der Waals surface area (Å²) in [5.74, 6) is -0.439. The molecule has 0 fully saturated rings. The molecule has 19 heavy (non-hydrogen) atoms. The lowest BCUT2D eigenvalue weighted by Crippen LogP contribution is -2.04. The molecule has 4 heteroatoms. The lowest BCUT2D eigenvalue weighted by molar-refractivity contribution is -0.142. The van der Waals surface area contributed by atoms with E-state index in [0.29, 0.717) is 12.8 Å². The topological polar surface area (TPSA) is 52.6 Å². The van der Waals surface area contributed by atoms with Crippen LogP contribution < -0.4 is 0 Å². The highest BCUT2D eigenvalue weighted by Crippen LogP contribution is 2.01. The molecule has 0 radical (unpaired) electrons. The highest BCUT2D eigenvalue weighted by atomic mass is 16.5. The van der Waals surface area contributed by atoms with Crippen LogP contribution in [0.1, 0.15) is 65.2 Å². The van der Waals surface area contributed by atoms with Gasteiger partial charge >= 0.3 is 11.9 Å². The van der Waals surface area contributed by atoms with E-state index in [-0.39, 0.29) is 18.5 Å². The van der Waals surface area contributed by atoms with E-state index in [1.165, 1.54) is 12.3 Å². The first-order valence-electron chi connectivity index (χ1n) is 7.20. The van der Waals surface area contributed by atoms with E-state index < -0.39 is 0 Å². The summed E-state index contributed by atoms with van der Waals surface area (Å²) in [5, 5.41) is 0. The minimum atomic E-state index is -0.237. The Morgan fingerprint density at radius 1 is 0.895 bits per heavy atom. The molecule has 0 aromatic carbocycles. The monoisotopic (exact) mass is 270 g/mol. The summed E-state index contributed by atoms with van der Waals surface area (Å²) < 4.78 is 9.81. The molecular weight excluding hydrogens is 244 g/mol. The molecule has 0 aliphatic rings. The van der Waals surface area contributed by atoms with Gasteiger partial charge in [0.05, 0.1) is 6.26 Å². The van der Waals surface area contributed by atoms with Crippen molar-refractivity contribution in [3.8, 4) is 0 Å². The highest BCUT2D eigenvalue weighted by molar-refractivity contribution is 5.70. The van der Waals surface area contributed by atoms with Crippen LogP contribution in [0.2, 0.25) is 0 Å². The first-order valence-corrected chi connectivity index (χ1v) is 7.20. The Morgan fingerprint density at radius 3 is 2.05 bits per heavy atom. The Hall–Kier alpha value is -1.32. The maximum Gasteiger partial charge on any atom is 0.310 e.